The third-order valence-electron chi connectivity index (χ3n) is 6.61. The van der Waals surface area contributed by atoms with Gasteiger partial charge in [0.2, 0.25) is 17.7 Å². The Morgan fingerprint density at radius 1 is 1.06 bits per heavy atom. The number of hydrogen-bond donors (Lipinski definition) is 2. The van der Waals surface area contributed by atoms with Crippen molar-refractivity contribution in [2.75, 3.05) is 5.32 Å². The first-order chi connectivity index (χ1) is 14.9. The SMILES string of the molecule is O=C(CC(c1cccc(Cl)c1)N1C(=O)C2C3C=CC(C3)C2C1=O)Nc1ccccc1O. The minimum atomic E-state index is -0.769. The van der Waals surface area contributed by atoms with Crippen LogP contribution in [0, 0.1) is 23.7 Å². The Bertz CT molecular complexity index is 1080. The summed E-state index contributed by atoms with van der Waals surface area (Å²) in [7, 11) is 0. The van der Waals surface area contributed by atoms with E-state index in [1.165, 1.54) is 11.0 Å². The Balaban J connectivity index is 1.46. The lowest BCUT2D eigenvalue weighted by Gasteiger charge is -2.28. The van der Waals surface area contributed by atoms with Crippen LogP contribution in [0.1, 0.15) is 24.4 Å². The highest BCUT2D eigenvalue weighted by Crippen LogP contribution is 2.54. The summed E-state index contributed by atoms with van der Waals surface area (Å²) in [6, 6.07) is 12.5. The van der Waals surface area contributed by atoms with E-state index in [4.69, 9.17) is 11.6 Å². The molecule has 0 aromatic heterocycles. The number of fused-ring (bicyclic) bond motifs is 5. The molecule has 1 heterocycles. The van der Waals surface area contributed by atoms with Gasteiger partial charge in [-0.3, -0.25) is 19.3 Å². The van der Waals surface area contributed by atoms with Crippen molar-refractivity contribution in [1.82, 2.24) is 4.90 Å². The molecule has 3 amide bonds. The topological polar surface area (TPSA) is 86.7 Å². The van der Waals surface area contributed by atoms with E-state index >= 15 is 0 Å². The zero-order chi connectivity index (χ0) is 21.7. The number of phenols is 1. The number of nitrogens with one attached hydrogen (secondary N) is 1. The number of carbonyl (C=O) groups is 3. The fourth-order valence-corrected chi connectivity index (χ4v) is 5.46. The standard InChI is InChI=1S/C24H21ClN2O4/c25-16-5-3-4-13(11-16)18(12-20(29)26-17-6-1-2-7-19(17)28)27-23(30)21-14-8-9-15(10-14)22(21)24(27)31/h1-9,11,14-15,18,21-22,28H,10,12H2,(H,26,29). The number of imide groups is 1. The maximum atomic E-state index is 13.3. The van der Waals surface area contributed by atoms with E-state index in [2.05, 4.69) is 5.32 Å². The Morgan fingerprint density at radius 2 is 1.74 bits per heavy atom. The van der Waals surface area contributed by atoms with Gasteiger partial charge in [0, 0.05) is 5.02 Å². The number of benzene rings is 2. The van der Waals surface area contributed by atoms with Crippen molar-refractivity contribution in [2.24, 2.45) is 23.7 Å². The van der Waals surface area contributed by atoms with Crippen LogP contribution in [0.5, 0.6) is 5.75 Å². The number of halogens is 1. The largest absolute Gasteiger partial charge is 0.506 e. The molecule has 5 rings (SSSR count). The number of phenolic OH excluding ortho intramolecular Hbond substituents is 1. The highest BCUT2D eigenvalue weighted by atomic mass is 35.5. The van der Waals surface area contributed by atoms with Gasteiger partial charge in [0.05, 0.1) is 30.0 Å². The number of anilines is 1. The average molecular weight is 437 g/mol. The number of rotatable bonds is 5. The minimum Gasteiger partial charge on any atom is -0.506 e. The molecule has 31 heavy (non-hydrogen) atoms. The molecule has 5 atom stereocenters. The molecule has 1 saturated heterocycles. The number of aromatic hydroxyl groups is 1. The summed E-state index contributed by atoms with van der Waals surface area (Å²) in [6.07, 6.45) is 4.80. The molecule has 1 aliphatic heterocycles. The molecule has 2 fully saturated rings. The molecule has 2 aliphatic carbocycles. The average Bonchev–Trinajstić information content (AvgIpc) is 3.42. The number of para-hydroxylation sites is 2. The van der Waals surface area contributed by atoms with Gasteiger partial charge in [0.1, 0.15) is 5.75 Å². The van der Waals surface area contributed by atoms with Crippen molar-refractivity contribution in [3.63, 3.8) is 0 Å². The zero-order valence-corrected chi connectivity index (χ0v) is 17.3. The predicted molar refractivity (Wildman–Crippen MR) is 115 cm³/mol. The second kappa shape index (κ2) is 7.54. The summed E-state index contributed by atoms with van der Waals surface area (Å²) in [5.41, 5.74) is 0.900. The Hall–Kier alpha value is -3.12. The van der Waals surface area contributed by atoms with Gasteiger partial charge >= 0.3 is 0 Å². The molecule has 158 valence electrons. The molecule has 6 nitrogen and oxygen atoms in total. The van der Waals surface area contributed by atoms with E-state index in [-0.39, 0.29) is 53.3 Å². The van der Waals surface area contributed by atoms with Crippen molar-refractivity contribution in [1.29, 1.82) is 0 Å². The second-order valence-corrected chi connectivity index (χ2v) is 8.82. The van der Waals surface area contributed by atoms with Gasteiger partial charge in [0.15, 0.2) is 0 Å². The summed E-state index contributed by atoms with van der Waals surface area (Å²) in [4.78, 5) is 40.8. The lowest BCUT2D eigenvalue weighted by Crippen LogP contribution is -2.38. The van der Waals surface area contributed by atoms with Gasteiger partial charge in [-0.1, -0.05) is 48.0 Å². The van der Waals surface area contributed by atoms with Crippen molar-refractivity contribution in [3.8, 4) is 5.75 Å². The quantitative estimate of drug-likeness (QED) is 0.422. The Labute approximate surface area is 184 Å². The van der Waals surface area contributed by atoms with E-state index in [1.54, 1.807) is 42.5 Å². The van der Waals surface area contributed by atoms with Crippen LogP contribution in [-0.2, 0) is 14.4 Å². The zero-order valence-electron chi connectivity index (χ0n) is 16.6. The molecule has 3 aliphatic rings. The van der Waals surface area contributed by atoms with Gasteiger partial charge in [-0.25, -0.2) is 0 Å². The highest BCUT2D eigenvalue weighted by molar-refractivity contribution is 6.30. The fourth-order valence-electron chi connectivity index (χ4n) is 5.26. The summed E-state index contributed by atoms with van der Waals surface area (Å²) < 4.78 is 0. The number of likely N-dealkylation sites (tertiary alicyclic amines) is 1. The molecular weight excluding hydrogens is 416 g/mol. The van der Waals surface area contributed by atoms with Crippen LogP contribution in [0.25, 0.3) is 0 Å². The predicted octanol–water partition coefficient (Wildman–Crippen LogP) is 3.92. The van der Waals surface area contributed by atoms with E-state index < -0.39 is 11.9 Å². The first-order valence-electron chi connectivity index (χ1n) is 10.3. The second-order valence-electron chi connectivity index (χ2n) is 8.39. The van der Waals surface area contributed by atoms with Crippen LogP contribution in [-0.4, -0.2) is 27.7 Å². The normalized spacial score (nSPS) is 26.9. The molecule has 5 unspecified atom stereocenters. The molecule has 2 aromatic rings. The fraction of sp³-hybridized carbons (Fsp3) is 0.292. The van der Waals surface area contributed by atoms with Crippen LogP contribution in [0.2, 0.25) is 5.02 Å². The minimum absolute atomic E-state index is 0.0549. The molecule has 1 saturated carbocycles. The van der Waals surface area contributed by atoms with Crippen molar-refractivity contribution >= 4 is 35.0 Å². The van der Waals surface area contributed by atoms with Crippen molar-refractivity contribution < 1.29 is 19.5 Å². The summed E-state index contributed by atoms with van der Waals surface area (Å²) in [6.45, 7) is 0. The molecule has 0 spiro atoms. The van der Waals surface area contributed by atoms with Gasteiger partial charge < -0.3 is 10.4 Å². The molecule has 2 N–H and O–H groups in total. The van der Waals surface area contributed by atoms with Crippen LogP contribution in [0.15, 0.2) is 60.7 Å². The number of nitrogens with zero attached hydrogens (tertiary/aromatic N) is 1. The van der Waals surface area contributed by atoms with E-state index in [0.29, 0.717) is 10.6 Å². The van der Waals surface area contributed by atoms with Crippen LogP contribution in [0.4, 0.5) is 5.69 Å². The van der Waals surface area contributed by atoms with Crippen molar-refractivity contribution in [2.45, 2.75) is 18.9 Å². The Morgan fingerprint density at radius 3 is 2.39 bits per heavy atom. The first-order valence-corrected chi connectivity index (χ1v) is 10.7. The lowest BCUT2D eigenvalue weighted by atomic mass is 9.85. The maximum Gasteiger partial charge on any atom is 0.234 e. The number of carbonyl (C=O) groups excluding carboxylic acids is 3. The Kier molecular flexibility index (Phi) is 4.82. The van der Waals surface area contributed by atoms with Gasteiger partial charge in [0.25, 0.3) is 0 Å². The van der Waals surface area contributed by atoms with E-state index in [0.717, 1.165) is 6.42 Å². The molecule has 7 heteroatoms. The third-order valence-corrected chi connectivity index (χ3v) is 6.84. The number of allylic oxidation sites excluding steroid dienone is 2. The highest BCUT2D eigenvalue weighted by Gasteiger charge is 2.60. The van der Waals surface area contributed by atoms with Crippen LogP contribution in [0.3, 0.4) is 0 Å². The van der Waals surface area contributed by atoms with E-state index in [1.807, 2.05) is 12.2 Å². The summed E-state index contributed by atoms with van der Waals surface area (Å²) in [5.74, 6) is -1.40. The van der Waals surface area contributed by atoms with E-state index in [9.17, 15) is 19.5 Å². The smallest absolute Gasteiger partial charge is 0.234 e. The molecule has 2 aromatic carbocycles. The molecule has 2 bridgehead atoms. The van der Waals surface area contributed by atoms with Gasteiger partial charge in [-0.05, 0) is 48.1 Å². The summed E-state index contributed by atoms with van der Waals surface area (Å²) in [5, 5.41) is 13.1. The van der Waals surface area contributed by atoms with Crippen LogP contribution < -0.4 is 5.32 Å². The van der Waals surface area contributed by atoms with Crippen LogP contribution >= 0.6 is 11.6 Å². The monoisotopic (exact) mass is 436 g/mol. The van der Waals surface area contributed by atoms with Gasteiger partial charge in [-0.15, -0.1) is 0 Å². The van der Waals surface area contributed by atoms with Crippen molar-refractivity contribution in [3.05, 3.63) is 71.3 Å². The maximum absolute atomic E-state index is 13.3. The number of hydrogen-bond acceptors (Lipinski definition) is 4. The lowest BCUT2D eigenvalue weighted by molar-refractivity contribution is -0.144. The number of amides is 3. The molecule has 0 radical (unpaired) electrons. The third kappa shape index (κ3) is 3.31. The van der Waals surface area contributed by atoms with Gasteiger partial charge in [-0.2, -0.15) is 0 Å². The summed E-state index contributed by atoms with van der Waals surface area (Å²) >= 11 is 6.18. The molecular formula is C24H21ClN2O4. The first kappa shape index (κ1) is 19.8.